The van der Waals surface area contributed by atoms with E-state index in [1.54, 1.807) is 0 Å². The lowest BCUT2D eigenvalue weighted by molar-refractivity contribution is 0.465. The molecule has 0 heterocycles. The molecule has 1 nitrogen and oxygen atoms in total. The van der Waals surface area contributed by atoms with Crippen LogP contribution >= 0.6 is 0 Å². The molecule has 0 saturated heterocycles. The standard InChI is InChI=1S/C15H24O/c1-5-8-9-14-11(4)13(7-3)12(6-2)10-15(14)16/h10,16H,5-9H2,1-4H3. The second-order valence-electron chi connectivity index (χ2n) is 4.45. The number of hydrogen-bond acceptors (Lipinski definition) is 1. The summed E-state index contributed by atoms with van der Waals surface area (Å²) in [5.74, 6) is 0.500. The zero-order valence-electron chi connectivity index (χ0n) is 11.1. The van der Waals surface area contributed by atoms with E-state index < -0.39 is 0 Å². The van der Waals surface area contributed by atoms with Crippen LogP contribution in [0.5, 0.6) is 5.75 Å². The molecule has 1 aromatic carbocycles. The van der Waals surface area contributed by atoms with Crippen molar-refractivity contribution < 1.29 is 5.11 Å². The summed E-state index contributed by atoms with van der Waals surface area (Å²) in [4.78, 5) is 0. The van der Waals surface area contributed by atoms with Crippen LogP contribution in [0.2, 0.25) is 0 Å². The molecule has 0 aliphatic rings. The minimum absolute atomic E-state index is 0.500. The van der Waals surface area contributed by atoms with Crippen molar-refractivity contribution in [3.63, 3.8) is 0 Å². The van der Waals surface area contributed by atoms with Gasteiger partial charge in [-0.25, -0.2) is 0 Å². The van der Waals surface area contributed by atoms with Crippen molar-refractivity contribution in [1.82, 2.24) is 0 Å². The summed E-state index contributed by atoms with van der Waals surface area (Å²) in [5.41, 5.74) is 5.22. The molecule has 0 fully saturated rings. The quantitative estimate of drug-likeness (QED) is 0.789. The topological polar surface area (TPSA) is 20.2 Å². The Morgan fingerprint density at radius 2 is 1.75 bits per heavy atom. The van der Waals surface area contributed by atoms with Crippen molar-refractivity contribution in [2.75, 3.05) is 0 Å². The van der Waals surface area contributed by atoms with Gasteiger partial charge >= 0.3 is 0 Å². The summed E-state index contributed by atoms with van der Waals surface area (Å²) in [6.45, 7) is 8.69. The maximum Gasteiger partial charge on any atom is 0.119 e. The van der Waals surface area contributed by atoms with Gasteiger partial charge in [0.05, 0.1) is 0 Å². The number of aromatic hydroxyl groups is 1. The number of unbranched alkanes of at least 4 members (excludes halogenated alkanes) is 1. The van der Waals surface area contributed by atoms with Crippen molar-refractivity contribution in [3.8, 4) is 5.75 Å². The summed E-state index contributed by atoms with van der Waals surface area (Å²) in [6, 6.07) is 1.97. The van der Waals surface area contributed by atoms with E-state index in [4.69, 9.17) is 0 Å². The van der Waals surface area contributed by atoms with Crippen molar-refractivity contribution >= 4 is 0 Å². The van der Waals surface area contributed by atoms with Gasteiger partial charge in [-0.2, -0.15) is 0 Å². The van der Waals surface area contributed by atoms with Crippen LogP contribution < -0.4 is 0 Å². The van der Waals surface area contributed by atoms with E-state index in [9.17, 15) is 5.11 Å². The average Bonchev–Trinajstić information content (AvgIpc) is 2.28. The van der Waals surface area contributed by atoms with Gasteiger partial charge in [0.1, 0.15) is 5.75 Å². The van der Waals surface area contributed by atoms with Crippen LogP contribution in [0.25, 0.3) is 0 Å². The first-order valence-electron chi connectivity index (χ1n) is 6.48. The van der Waals surface area contributed by atoms with Gasteiger partial charge in [-0.05, 0) is 60.9 Å². The van der Waals surface area contributed by atoms with Gasteiger partial charge in [0.15, 0.2) is 0 Å². The summed E-state index contributed by atoms with van der Waals surface area (Å²) < 4.78 is 0. The number of benzene rings is 1. The molecule has 0 aliphatic carbocycles. The summed E-state index contributed by atoms with van der Waals surface area (Å²) in [7, 11) is 0. The van der Waals surface area contributed by atoms with E-state index in [0.717, 1.165) is 31.2 Å². The fourth-order valence-electron chi connectivity index (χ4n) is 2.43. The minimum Gasteiger partial charge on any atom is -0.508 e. The molecule has 0 amide bonds. The highest BCUT2D eigenvalue weighted by molar-refractivity contribution is 5.48. The molecule has 0 aromatic heterocycles. The van der Waals surface area contributed by atoms with Gasteiger partial charge < -0.3 is 5.11 Å². The predicted octanol–water partition coefficient (Wildman–Crippen LogP) is 4.17. The first-order valence-corrected chi connectivity index (χ1v) is 6.48. The van der Waals surface area contributed by atoms with Crippen LogP contribution in [-0.4, -0.2) is 5.11 Å². The third kappa shape index (κ3) is 2.58. The molecule has 0 bridgehead atoms. The predicted molar refractivity (Wildman–Crippen MR) is 70.2 cm³/mol. The first-order chi connectivity index (χ1) is 7.65. The van der Waals surface area contributed by atoms with E-state index >= 15 is 0 Å². The summed E-state index contributed by atoms with van der Waals surface area (Å²) in [5, 5.41) is 10.0. The molecule has 0 radical (unpaired) electrons. The van der Waals surface area contributed by atoms with Gasteiger partial charge in [-0.15, -0.1) is 0 Å². The maximum atomic E-state index is 10.0. The molecule has 16 heavy (non-hydrogen) atoms. The van der Waals surface area contributed by atoms with Crippen molar-refractivity contribution in [2.45, 2.75) is 59.8 Å². The fraction of sp³-hybridized carbons (Fsp3) is 0.600. The third-order valence-corrected chi connectivity index (χ3v) is 3.43. The van der Waals surface area contributed by atoms with Crippen LogP contribution in [0.15, 0.2) is 6.07 Å². The molecule has 1 aromatic rings. The second-order valence-corrected chi connectivity index (χ2v) is 4.45. The molecule has 0 aliphatic heterocycles. The molecular weight excluding hydrogens is 196 g/mol. The van der Waals surface area contributed by atoms with Gasteiger partial charge in [0.25, 0.3) is 0 Å². The molecule has 0 atom stereocenters. The lowest BCUT2D eigenvalue weighted by atomic mass is 9.91. The number of aryl methyl sites for hydroxylation is 1. The third-order valence-electron chi connectivity index (χ3n) is 3.43. The van der Waals surface area contributed by atoms with Crippen LogP contribution in [0.4, 0.5) is 0 Å². The highest BCUT2D eigenvalue weighted by Crippen LogP contribution is 2.29. The van der Waals surface area contributed by atoms with E-state index in [0.29, 0.717) is 5.75 Å². The largest absolute Gasteiger partial charge is 0.508 e. The van der Waals surface area contributed by atoms with E-state index in [2.05, 4.69) is 27.7 Å². The average molecular weight is 220 g/mol. The molecule has 1 heteroatoms. The Morgan fingerprint density at radius 3 is 2.25 bits per heavy atom. The lowest BCUT2D eigenvalue weighted by Crippen LogP contribution is -2.01. The zero-order valence-corrected chi connectivity index (χ0v) is 11.1. The molecule has 90 valence electrons. The second kappa shape index (κ2) is 5.93. The van der Waals surface area contributed by atoms with Gasteiger partial charge in [0.2, 0.25) is 0 Å². The van der Waals surface area contributed by atoms with E-state index in [1.807, 2.05) is 6.07 Å². The fourth-order valence-corrected chi connectivity index (χ4v) is 2.43. The molecular formula is C15H24O. The summed E-state index contributed by atoms with van der Waals surface area (Å²) in [6.07, 6.45) is 5.41. The molecule has 0 saturated carbocycles. The Bertz CT molecular complexity index is 353. The Labute approximate surface area is 99.5 Å². The van der Waals surface area contributed by atoms with Gasteiger partial charge in [-0.1, -0.05) is 27.2 Å². The minimum atomic E-state index is 0.500. The number of rotatable bonds is 5. The van der Waals surface area contributed by atoms with Crippen LogP contribution in [0.3, 0.4) is 0 Å². The molecule has 0 unspecified atom stereocenters. The van der Waals surface area contributed by atoms with Crippen molar-refractivity contribution in [1.29, 1.82) is 0 Å². The lowest BCUT2D eigenvalue weighted by Gasteiger charge is -2.16. The van der Waals surface area contributed by atoms with Crippen molar-refractivity contribution in [3.05, 3.63) is 28.3 Å². The zero-order chi connectivity index (χ0) is 12.1. The molecule has 1 N–H and O–H groups in total. The highest BCUT2D eigenvalue weighted by atomic mass is 16.3. The first kappa shape index (κ1) is 13.1. The Kier molecular flexibility index (Phi) is 4.85. The Morgan fingerprint density at radius 1 is 1.06 bits per heavy atom. The van der Waals surface area contributed by atoms with Crippen molar-refractivity contribution in [2.24, 2.45) is 0 Å². The normalized spacial score (nSPS) is 10.8. The van der Waals surface area contributed by atoms with Crippen LogP contribution in [-0.2, 0) is 19.3 Å². The van der Waals surface area contributed by atoms with E-state index in [-0.39, 0.29) is 0 Å². The Hall–Kier alpha value is -0.980. The highest BCUT2D eigenvalue weighted by Gasteiger charge is 2.12. The van der Waals surface area contributed by atoms with Gasteiger partial charge in [0, 0.05) is 0 Å². The number of phenolic OH excluding ortho intramolecular Hbond substituents is 1. The van der Waals surface area contributed by atoms with Crippen LogP contribution in [0, 0.1) is 6.92 Å². The van der Waals surface area contributed by atoms with E-state index in [1.165, 1.54) is 23.1 Å². The smallest absolute Gasteiger partial charge is 0.119 e. The maximum absolute atomic E-state index is 10.0. The molecule has 0 spiro atoms. The number of hydrogen-bond donors (Lipinski definition) is 1. The van der Waals surface area contributed by atoms with Crippen LogP contribution in [0.1, 0.15) is 55.9 Å². The Balaban J connectivity index is 3.18. The van der Waals surface area contributed by atoms with Gasteiger partial charge in [-0.3, -0.25) is 0 Å². The molecule has 1 rings (SSSR count). The monoisotopic (exact) mass is 220 g/mol. The summed E-state index contributed by atoms with van der Waals surface area (Å²) >= 11 is 0. The number of phenols is 1. The SMILES string of the molecule is CCCCc1c(O)cc(CC)c(CC)c1C.